The fourth-order valence-corrected chi connectivity index (χ4v) is 1.83. The van der Waals surface area contributed by atoms with Crippen LogP contribution in [0.5, 0.6) is 0 Å². The fourth-order valence-electron chi connectivity index (χ4n) is 1.02. The summed E-state index contributed by atoms with van der Waals surface area (Å²) < 4.78 is 0. The molecule has 0 aromatic carbocycles. The molecule has 0 fully saturated rings. The SMILES string of the molecule is CCCNC(C)CSc1cnccn1. The maximum absolute atomic E-state index is 4.20. The van der Waals surface area contributed by atoms with Crippen LogP contribution in [0, 0.1) is 0 Å². The highest BCUT2D eigenvalue weighted by molar-refractivity contribution is 7.99. The van der Waals surface area contributed by atoms with E-state index in [1.165, 1.54) is 6.42 Å². The predicted molar refractivity (Wildman–Crippen MR) is 60.5 cm³/mol. The molecule has 0 bridgehead atoms. The van der Waals surface area contributed by atoms with Crippen molar-refractivity contribution in [3.05, 3.63) is 18.6 Å². The van der Waals surface area contributed by atoms with Gasteiger partial charge in [0.2, 0.25) is 0 Å². The van der Waals surface area contributed by atoms with Crippen LogP contribution in [-0.2, 0) is 0 Å². The highest BCUT2D eigenvalue weighted by Crippen LogP contribution is 2.13. The predicted octanol–water partition coefficient (Wildman–Crippen LogP) is 1.96. The minimum absolute atomic E-state index is 0.530. The molecule has 0 aliphatic heterocycles. The first-order chi connectivity index (χ1) is 6.83. The Morgan fingerprint density at radius 2 is 2.36 bits per heavy atom. The fraction of sp³-hybridized carbons (Fsp3) is 0.600. The van der Waals surface area contributed by atoms with Crippen LogP contribution in [0.2, 0.25) is 0 Å². The minimum atomic E-state index is 0.530. The number of rotatable bonds is 6. The summed E-state index contributed by atoms with van der Waals surface area (Å²) in [6, 6.07) is 0.530. The van der Waals surface area contributed by atoms with Gasteiger partial charge >= 0.3 is 0 Å². The zero-order valence-electron chi connectivity index (χ0n) is 8.73. The summed E-state index contributed by atoms with van der Waals surface area (Å²) in [6.07, 6.45) is 6.41. The van der Waals surface area contributed by atoms with Crippen molar-refractivity contribution in [2.45, 2.75) is 31.3 Å². The summed E-state index contributed by atoms with van der Waals surface area (Å²) in [5.74, 6) is 1.04. The molecule has 0 spiro atoms. The third-order valence-electron chi connectivity index (χ3n) is 1.76. The van der Waals surface area contributed by atoms with Crippen molar-refractivity contribution in [3.8, 4) is 0 Å². The van der Waals surface area contributed by atoms with Crippen LogP contribution in [0.1, 0.15) is 20.3 Å². The lowest BCUT2D eigenvalue weighted by atomic mass is 10.3. The molecule has 0 amide bonds. The van der Waals surface area contributed by atoms with Crippen molar-refractivity contribution < 1.29 is 0 Å². The van der Waals surface area contributed by atoms with Gasteiger partial charge in [0.1, 0.15) is 5.03 Å². The lowest BCUT2D eigenvalue weighted by molar-refractivity contribution is 0.590. The molecule has 4 heteroatoms. The summed E-state index contributed by atoms with van der Waals surface area (Å²) in [7, 11) is 0. The second-order valence-electron chi connectivity index (χ2n) is 3.21. The van der Waals surface area contributed by atoms with Gasteiger partial charge in [-0.15, -0.1) is 11.8 Å². The summed E-state index contributed by atoms with van der Waals surface area (Å²) in [6.45, 7) is 5.46. The highest BCUT2D eigenvalue weighted by atomic mass is 32.2. The van der Waals surface area contributed by atoms with Gasteiger partial charge in [-0.2, -0.15) is 0 Å². The number of hydrogen-bond acceptors (Lipinski definition) is 4. The van der Waals surface area contributed by atoms with E-state index in [9.17, 15) is 0 Å². The molecule has 1 N–H and O–H groups in total. The van der Waals surface area contributed by atoms with Crippen LogP contribution in [0.25, 0.3) is 0 Å². The van der Waals surface area contributed by atoms with Crippen molar-refractivity contribution in [1.82, 2.24) is 15.3 Å². The molecule has 0 saturated heterocycles. The van der Waals surface area contributed by atoms with Crippen LogP contribution in [0.3, 0.4) is 0 Å². The van der Waals surface area contributed by atoms with Crippen molar-refractivity contribution >= 4 is 11.8 Å². The van der Waals surface area contributed by atoms with Gasteiger partial charge in [-0.05, 0) is 19.9 Å². The van der Waals surface area contributed by atoms with E-state index < -0.39 is 0 Å². The minimum Gasteiger partial charge on any atom is -0.313 e. The molecule has 1 unspecified atom stereocenters. The van der Waals surface area contributed by atoms with E-state index in [2.05, 4.69) is 29.1 Å². The maximum atomic E-state index is 4.20. The van der Waals surface area contributed by atoms with E-state index in [0.29, 0.717) is 6.04 Å². The molecule has 3 nitrogen and oxygen atoms in total. The number of nitrogens with zero attached hydrogens (tertiary/aromatic N) is 2. The van der Waals surface area contributed by atoms with E-state index >= 15 is 0 Å². The first-order valence-corrected chi connectivity index (χ1v) is 5.93. The smallest absolute Gasteiger partial charge is 0.114 e. The Hall–Kier alpha value is -0.610. The Morgan fingerprint density at radius 1 is 1.50 bits per heavy atom. The molecule has 78 valence electrons. The molecule has 1 aromatic heterocycles. The molecule has 0 aliphatic carbocycles. The Morgan fingerprint density at radius 3 is 3.00 bits per heavy atom. The highest BCUT2D eigenvalue weighted by Gasteiger charge is 2.01. The van der Waals surface area contributed by atoms with Gasteiger partial charge in [-0.25, -0.2) is 4.98 Å². The third-order valence-corrected chi connectivity index (χ3v) is 2.94. The average Bonchev–Trinajstić information content (AvgIpc) is 2.25. The molecule has 1 atom stereocenters. The van der Waals surface area contributed by atoms with E-state index in [4.69, 9.17) is 0 Å². The first kappa shape index (κ1) is 11.5. The van der Waals surface area contributed by atoms with Gasteiger partial charge in [0.05, 0.1) is 6.20 Å². The van der Waals surface area contributed by atoms with Gasteiger partial charge < -0.3 is 5.32 Å². The summed E-state index contributed by atoms with van der Waals surface area (Å²) in [4.78, 5) is 8.22. The first-order valence-electron chi connectivity index (χ1n) is 4.95. The van der Waals surface area contributed by atoms with Crippen LogP contribution < -0.4 is 5.32 Å². The van der Waals surface area contributed by atoms with E-state index in [1.54, 1.807) is 30.4 Å². The standard InChI is InChI=1S/C10H17N3S/c1-3-4-12-9(2)8-14-10-7-11-5-6-13-10/h5-7,9,12H,3-4,8H2,1-2H3. The number of thioether (sulfide) groups is 1. The summed E-state index contributed by atoms with van der Waals surface area (Å²) >= 11 is 1.74. The molecular formula is C10H17N3S. The van der Waals surface area contributed by atoms with Gasteiger partial charge in [0, 0.05) is 24.2 Å². The van der Waals surface area contributed by atoms with Crippen molar-refractivity contribution in [2.24, 2.45) is 0 Å². The summed E-state index contributed by atoms with van der Waals surface area (Å²) in [5.41, 5.74) is 0. The second kappa shape index (κ2) is 6.79. The van der Waals surface area contributed by atoms with Crippen LogP contribution in [0.15, 0.2) is 23.6 Å². The Bertz CT molecular complexity index is 240. The van der Waals surface area contributed by atoms with E-state index in [0.717, 1.165) is 17.3 Å². The van der Waals surface area contributed by atoms with Crippen molar-refractivity contribution in [1.29, 1.82) is 0 Å². The van der Waals surface area contributed by atoms with E-state index in [1.807, 2.05) is 0 Å². The van der Waals surface area contributed by atoms with Gasteiger partial charge in [-0.3, -0.25) is 4.98 Å². The Balaban J connectivity index is 2.20. The van der Waals surface area contributed by atoms with Crippen molar-refractivity contribution in [2.75, 3.05) is 12.3 Å². The zero-order valence-corrected chi connectivity index (χ0v) is 9.55. The van der Waals surface area contributed by atoms with Gasteiger partial charge in [0.15, 0.2) is 0 Å². The lowest BCUT2D eigenvalue weighted by Crippen LogP contribution is -2.28. The number of hydrogen-bond donors (Lipinski definition) is 1. The lowest BCUT2D eigenvalue weighted by Gasteiger charge is -2.11. The van der Waals surface area contributed by atoms with Crippen LogP contribution in [-0.4, -0.2) is 28.3 Å². The molecule has 0 aliphatic rings. The molecule has 14 heavy (non-hydrogen) atoms. The Labute approximate surface area is 89.7 Å². The average molecular weight is 211 g/mol. The van der Waals surface area contributed by atoms with Gasteiger partial charge in [-0.1, -0.05) is 6.92 Å². The largest absolute Gasteiger partial charge is 0.313 e. The molecule has 0 saturated carbocycles. The molecule has 1 rings (SSSR count). The molecule has 0 radical (unpaired) electrons. The molecular weight excluding hydrogens is 194 g/mol. The molecule has 1 aromatic rings. The third kappa shape index (κ3) is 4.58. The topological polar surface area (TPSA) is 37.8 Å². The van der Waals surface area contributed by atoms with Crippen molar-refractivity contribution in [3.63, 3.8) is 0 Å². The monoisotopic (exact) mass is 211 g/mol. The second-order valence-corrected chi connectivity index (χ2v) is 4.25. The number of nitrogens with one attached hydrogen (secondary N) is 1. The Kier molecular flexibility index (Phi) is 5.56. The molecule has 1 heterocycles. The van der Waals surface area contributed by atoms with Crippen LogP contribution in [0.4, 0.5) is 0 Å². The summed E-state index contributed by atoms with van der Waals surface area (Å²) in [5, 5.41) is 4.43. The van der Waals surface area contributed by atoms with E-state index in [-0.39, 0.29) is 0 Å². The number of aromatic nitrogens is 2. The van der Waals surface area contributed by atoms with Gasteiger partial charge in [0.25, 0.3) is 0 Å². The maximum Gasteiger partial charge on any atom is 0.114 e. The quantitative estimate of drug-likeness (QED) is 0.730. The van der Waals surface area contributed by atoms with Crippen LogP contribution >= 0.6 is 11.8 Å². The zero-order chi connectivity index (χ0) is 10.2. The normalized spacial score (nSPS) is 12.7.